The van der Waals surface area contributed by atoms with Crippen LogP contribution in [0, 0.1) is 0 Å². The van der Waals surface area contributed by atoms with Gasteiger partial charge in [-0.3, -0.25) is 4.98 Å². The van der Waals surface area contributed by atoms with Crippen LogP contribution in [-0.4, -0.2) is 15.0 Å². The molecule has 0 aliphatic rings. The van der Waals surface area contributed by atoms with Gasteiger partial charge in [-0.05, 0) is 29.3 Å². The monoisotopic (exact) mass is 347 g/mol. The Kier molecular flexibility index (Phi) is 4.65. The van der Waals surface area contributed by atoms with Gasteiger partial charge in [-0.1, -0.05) is 54.2 Å². The third-order valence-electron chi connectivity index (χ3n) is 3.78. The zero-order chi connectivity index (χ0) is 16.9. The summed E-state index contributed by atoms with van der Waals surface area (Å²) in [6.45, 7) is 0.577. The van der Waals surface area contributed by atoms with Crippen LogP contribution < -0.4 is 4.74 Å². The molecule has 0 saturated carbocycles. The summed E-state index contributed by atoms with van der Waals surface area (Å²) in [6, 6.07) is 20.3. The molecule has 4 aromatic rings. The van der Waals surface area contributed by atoms with Crippen LogP contribution in [0.25, 0.3) is 11.0 Å². The molecule has 4 nitrogen and oxygen atoms in total. The second-order valence-electron chi connectivity index (χ2n) is 5.65. The number of fused-ring (bicyclic) bond motifs is 1. The number of benzene rings is 2. The zero-order valence-electron chi connectivity index (χ0n) is 13.6. The Bertz CT molecular complexity index is 936. The molecule has 25 heavy (non-hydrogen) atoms. The number of aromatic nitrogens is 3. The molecular formula is C20H17N3OS. The molecule has 0 bridgehead atoms. The van der Waals surface area contributed by atoms with Crippen molar-refractivity contribution >= 4 is 22.8 Å². The first kappa shape index (κ1) is 15.7. The quantitative estimate of drug-likeness (QED) is 0.508. The molecule has 124 valence electrons. The Morgan fingerprint density at radius 2 is 1.84 bits per heavy atom. The van der Waals surface area contributed by atoms with Crippen LogP contribution in [0.5, 0.6) is 5.75 Å². The van der Waals surface area contributed by atoms with Crippen LogP contribution in [0.4, 0.5) is 0 Å². The first-order chi connectivity index (χ1) is 12.4. The van der Waals surface area contributed by atoms with Crippen LogP contribution in [0.3, 0.4) is 0 Å². The van der Waals surface area contributed by atoms with E-state index in [0.717, 1.165) is 33.3 Å². The molecule has 0 aliphatic heterocycles. The molecule has 0 atom stereocenters. The Morgan fingerprint density at radius 1 is 0.960 bits per heavy atom. The summed E-state index contributed by atoms with van der Waals surface area (Å²) < 4.78 is 5.89. The normalized spacial score (nSPS) is 10.9. The Labute approximate surface area is 150 Å². The van der Waals surface area contributed by atoms with E-state index in [2.05, 4.69) is 39.2 Å². The highest BCUT2D eigenvalue weighted by Gasteiger charge is 2.04. The molecule has 1 N–H and O–H groups in total. The number of hydrogen-bond acceptors (Lipinski definition) is 4. The van der Waals surface area contributed by atoms with Gasteiger partial charge < -0.3 is 9.72 Å². The number of aromatic amines is 1. The highest BCUT2D eigenvalue weighted by atomic mass is 32.2. The van der Waals surface area contributed by atoms with Gasteiger partial charge in [0, 0.05) is 11.9 Å². The number of ether oxygens (including phenoxy) is 1. The highest BCUT2D eigenvalue weighted by Crippen LogP contribution is 2.24. The number of nitrogens with zero attached hydrogens (tertiary/aromatic N) is 2. The number of thioether (sulfide) groups is 1. The smallest absolute Gasteiger partial charge is 0.166 e. The van der Waals surface area contributed by atoms with Crippen LogP contribution in [0.15, 0.2) is 78.2 Å². The lowest BCUT2D eigenvalue weighted by Crippen LogP contribution is -1.95. The zero-order valence-corrected chi connectivity index (χ0v) is 14.4. The summed E-state index contributed by atoms with van der Waals surface area (Å²) in [5.74, 6) is 1.71. The van der Waals surface area contributed by atoms with Crippen LogP contribution >= 0.6 is 11.8 Å². The first-order valence-corrected chi connectivity index (χ1v) is 9.03. The fourth-order valence-corrected chi connectivity index (χ4v) is 3.35. The van der Waals surface area contributed by atoms with Gasteiger partial charge in [0.15, 0.2) is 5.16 Å². The summed E-state index contributed by atoms with van der Waals surface area (Å²) >= 11 is 1.67. The van der Waals surface area contributed by atoms with E-state index in [1.807, 2.05) is 36.4 Å². The molecule has 2 aromatic heterocycles. The minimum absolute atomic E-state index is 0.577. The van der Waals surface area contributed by atoms with Crippen molar-refractivity contribution in [1.29, 1.82) is 0 Å². The second-order valence-corrected chi connectivity index (χ2v) is 6.61. The molecule has 0 saturated heterocycles. The molecule has 0 radical (unpaired) electrons. The summed E-state index contributed by atoms with van der Waals surface area (Å²) in [4.78, 5) is 12.0. The van der Waals surface area contributed by atoms with Crippen molar-refractivity contribution in [2.24, 2.45) is 0 Å². The average Bonchev–Trinajstić information content (AvgIpc) is 3.09. The topological polar surface area (TPSA) is 50.8 Å². The molecule has 5 heteroatoms. The van der Waals surface area contributed by atoms with Crippen LogP contribution in [0.1, 0.15) is 11.1 Å². The minimum Gasteiger partial charge on any atom is -0.489 e. The van der Waals surface area contributed by atoms with E-state index >= 15 is 0 Å². The van der Waals surface area contributed by atoms with Gasteiger partial charge in [0.2, 0.25) is 0 Å². The number of H-pyrrole nitrogens is 1. The lowest BCUT2D eigenvalue weighted by Gasteiger charge is -2.08. The van der Waals surface area contributed by atoms with Gasteiger partial charge in [-0.2, -0.15) is 0 Å². The molecule has 4 rings (SSSR count). The van der Waals surface area contributed by atoms with Crippen LogP contribution in [-0.2, 0) is 12.4 Å². The molecule has 0 aliphatic carbocycles. The molecular weight excluding hydrogens is 330 g/mol. The molecule has 0 fully saturated rings. The highest BCUT2D eigenvalue weighted by molar-refractivity contribution is 7.98. The Morgan fingerprint density at radius 3 is 2.72 bits per heavy atom. The number of pyridine rings is 1. The van der Waals surface area contributed by atoms with Gasteiger partial charge in [0.25, 0.3) is 0 Å². The van der Waals surface area contributed by atoms with Crippen molar-refractivity contribution < 1.29 is 4.74 Å². The molecule has 0 spiro atoms. The second kappa shape index (κ2) is 7.40. The SMILES string of the molecule is c1ccc(COc2cccc(CSc3nc4ccncc4[nH]3)c2)cc1. The van der Waals surface area contributed by atoms with Crippen molar-refractivity contribution in [3.05, 3.63) is 84.2 Å². The fourth-order valence-electron chi connectivity index (χ4n) is 2.52. The number of imidazole rings is 1. The van der Waals surface area contributed by atoms with Gasteiger partial charge in [-0.15, -0.1) is 0 Å². The molecule has 0 unspecified atom stereocenters. The van der Waals surface area contributed by atoms with Crippen molar-refractivity contribution in [1.82, 2.24) is 15.0 Å². The molecule has 2 heterocycles. The summed E-state index contributed by atoms with van der Waals surface area (Å²) in [7, 11) is 0. The van der Waals surface area contributed by atoms with E-state index in [1.165, 1.54) is 5.56 Å². The predicted octanol–water partition coefficient (Wildman–Crippen LogP) is 4.83. The average molecular weight is 347 g/mol. The fraction of sp³-hybridized carbons (Fsp3) is 0.100. The third-order valence-corrected chi connectivity index (χ3v) is 4.73. The van der Waals surface area contributed by atoms with Crippen LogP contribution in [0.2, 0.25) is 0 Å². The molecule has 2 aromatic carbocycles. The largest absolute Gasteiger partial charge is 0.489 e. The Balaban J connectivity index is 1.39. The third kappa shape index (κ3) is 4.00. The number of hydrogen-bond donors (Lipinski definition) is 1. The maximum atomic E-state index is 5.89. The standard InChI is InChI=1S/C20H17N3OS/c1-2-5-15(6-3-1)13-24-17-8-4-7-16(11-17)14-25-20-22-18-9-10-21-12-19(18)23-20/h1-12H,13-14H2,(H,22,23). The van der Waals surface area contributed by atoms with Crippen molar-refractivity contribution in [2.75, 3.05) is 0 Å². The summed E-state index contributed by atoms with van der Waals surface area (Å²) in [5, 5.41) is 0.901. The number of nitrogens with one attached hydrogen (secondary N) is 1. The summed E-state index contributed by atoms with van der Waals surface area (Å²) in [5.41, 5.74) is 4.27. The van der Waals surface area contributed by atoms with Crippen molar-refractivity contribution in [2.45, 2.75) is 17.5 Å². The lowest BCUT2D eigenvalue weighted by molar-refractivity contribution is 0.306. The lowest BCUT2D eigenvalue weighted by atomic mass is 10.2. The van der Waals surface area contributed by atoms with Gasteiger partial charge >= 0.3 is 0 Å². The van der Waals surface area contributed by atoms with E-state index < -0.39 is 0 Å². The minimum atomic E-state index is 0.577. The Hall–Kier alpha value is -2.79. The predicted molar refractivity (Wildman–Crippen MR) is 101 cm³/mol. The van der Waals surface area contributed by atoms with E-state index in [1.54, 1.807) is 24.2 Å². The number of rotatable bonds is 6. The van der Waals surface area contributed by atoms with E-state index in [0.29, 0.717) is 6.61 Å². The summed E-state index contributed by atoms with van der Waals surface area (Å²) in [6.07, 6.45) is 3.55. The van der Waals surface area contributed by atoms with E-state index in [-0.39, 0.29) is 0 Å². The van der Waals surface area contributed by atoms with Gasteiger partial charge in [0.1, 0.15) is 12.4 Å². The van der Waals surface area contributed by atoms with E-state index in [4.69, 9.17) is 4.74 Å². The van der Waals surface area contributed by atoms with Crippen molar-refractivity contribution in [3.8, 4) is 5.75 Å². The van der Waals surface area contributed by atoms with Gasteiger partial charge in [-0.25, -0.2) is 4.98 Å². The molecule has 0 amide bonds. The van der Waals surface area contributed by atoms with Gasteiger partial charge in [0.05, 0.1) is 17.2 Å². The van der Waals surface area contributed by atoms with E-state index in [9.17, 15) is 0 Å². The maximum Gasteiger partial charge on any atom is 0.166 e. The maximum absolute atomic E-state index is 5.89. The van der Waals surface area contributed by atoms with Crippen molar-refractivity contribution in [3.63, 3.8) is 0 Å². The first-order valence-electron chi connectivity index (χ1n) is 8.05.